The fourth-order valence-electron chi connectivity index (χ4n) is 2.59. The van der Waals surface area contributed by atoms with Gasteiger partial charge >= 0.3 is 0 Å². The summed E-state index contributed by atoms with van der Waals surface area (Å²) in [5, 5.41) is 7.42. The van der Waals surface area contributed by atoms with E-state index in [4.69, 9.17) is 0 Å². The summed E-state index contributed by atoms with van der Waals surface area (Å²) in [5.74, 6) is -0.136. The van der Waals surface area contributed by atoms with Gasteiger partial charge in [-0.1, -0.05) is 36.4 Å². The van der Waals surface area contributed by atoms with Crippen LogP contribution in [-0.2, 0) is 13.6 Å². The molecule has 1 N–H and O–H groups in total. The molecule has 0 bridgehead atoms. The summed E-state index contributed by atoms with van der Waals surface area (Å²) in [7, 11) is 1.79. The van der Waals surface area contributed by atoms with Gasteiger partial charge in [0.05, 0.1) is 5.69 Å². The Labute approximate surface area is 135 Å². The smallest absolute Gasteiger partial charge is 0.270 e. The fourth-order valence-corrected chi connectivity index (χ4v) is 2.59. The molecule has 1 aromatic carbocycles. The highest BCUT2D eigenvalue weighted by Gasteiger charge is 2.19. The van der Waals surface area contributed by atoms with E-state index in [1.807, 2.05) is 49.4 Å². The Kier molecular flexibility index (Phi) is 4.19. The molecule has 23 heavy (non-hydrogen) atoms. The minimum absolute atomic E-state index is 0.136. The highest BCUT2D eigenvalue weighted by Crippen LogP contribution is 2.24. The molecule has 0 radical (unpaired) electrons. The van der Waals surface area contributed by atoms with Crippen molar-refractivity contribution in [2.75, 3.05) is 0 Å². The lowest BCUT2D eigenvalue weighted by molar-refractivity contribution is 0.0941. The van der Waals surface area contributed by atoms with Gasteiger partial charge < -0.3 is 5.32 Å². The van der Waals surface area contributed by atoms with Gasteiger partial charge in [-0.05, 0) is 18.6 Å². The van der Waals surface area contributed by atoms with Crippen LogP contribution in [0, 0.1) is 6.92 Å². The molecule has 1 amide bonds. The van der Waals surface area contributed by atoms with E-state index in [1.165, 1.54) is 0 Å². The molecule has 0 aliphatic carbocycles. The summed E-state index contributed by atoms with van der Waals surface area (Å²) in [6.45, 7) is 2.37. The normalized spacial score (nSPS) is 10.5. The standard InChI is InChI=1S/C18H18N4O/c1-13-16(15-8-4-3-5-9-15)21-22(2)17(13)18(23)20-12-14-7-6-10-19-11-14/h3-11H,12H2,1-2H3,(H,20,23). The number of carbonyl (C=O) groups is 1. The van der Waals surface area contributed by atoms with Crippen LogP contribution >= 0.6 is 0 Å². The molecular weight excluding hydrogens is 288 g/mol. The van der Waals surface area contributed by atoms with Crippen molar-refractivity contribution in [3.8, 4) is 11.3 Å². The van der Waals surface area contributed by atoms with E-state index in [1.54, 1.807) is 24.1 Å². The molecule has 5 nitrogen and oxygen atoms in total. The minimum atomic E-state index is -0.136. The van der Waals surface area contributed by atoms with E-state index in [0.29, 0.717) is 12.2 Å². The number of nitrogens with one attached hydrogen (secondary N) is 1. The molecule has 3 rings (SSSR count). The summed E-state index contributed by atoms with van der Waals surface area (Å²) >= 11 is 0. The molecule has 0 unspecified atom stereocenters. The van der Waals surface area contributed by atoms with Gasteiger partial charge in [0.25, 0.3) is 5.91 Å². The lowest BCUT2D eigenvalue weighted by Gasteiger charge is -2.06. The van der Waals surface area contributed by atoms with Crippen LogP contribution in [0.4, 0.5) is 0 Å². The number of aryl methyl sites for hydroxylation is 1. The van der Waals surface area contributed by atoms with Crippen LogP contribution in [0.3, 0.4) is 0 Å². The number of rotatable bonds is 4. The molecule has 0 aliphatic rings. The van der Waals surface area contributed by atoms with Gasteiger partial charge in [-0.25, -0.2) is 0 Å². The highest BCUT2D eigenvalue weighted by molar-refractivity contribution is 5.95. The summed E-state index contributed by atoms with van der Waals surface area (Å²) in [4.78, 5) is 16.6. The number of hydrogen-bond acceptors (Lipinski definition) is 3. The molecule has 3 aromatic rings. The van der Waals surface area contributed by atoms with Gasteiger partial charge in [-0.2, -0.15) is 5.10 Å². The molecule has 0 atom stereocenters. The molecule has 2 aromatic heterocycles. The maximum atomic E-state index is 12.5. The lowest BCUT2D eigenvalue weighted by atomic mass is 10.1. The average Bonchev–Trinajstić information content (AvgIpc) is 2.89. The Morgan fingerprint density at radius 1 is 1.17 bits per heavy atom. The maximum absolute atomic E-state index is 12.5. The molecule has 0 saturated carbocycles. The molecule has 116 valence electrons. The van der Waals surface area contributed by atoms with E-state index in [0.717, 1.165) is 22.4 Å². The van der Waals surface area contributed by atoms with E-state index < -0.39 is 0 Å². The minimum Gasteiger partial charge on any atom is -0.347 e. The average molecular weight is 306 g/mol. The fraction of sp³-hybridized carbons (Fsp3) is 0.167. The zero-order valence-electron chi connectivity index (χ0n) is 13.2. The third-order valence-corrected chi connectivity index (χ3v) is 3.72. The third-order valence-electron chi connectivity index (χ3n) is 3.72. The van der Waals surface area contributed by atoms with Crippen molar-refractivity contribution < 1.29 is 4.79 Å². The van der Waals surface area contributed by atoms with E-state index in [2.05, 4.69) is 15.4 Å². The van der Waals surface area contributed by atoms with Gasteiger partial charge in [0.1, 0.15) is 5.69 Å². The number of pyridine rings is 1. The Balaban J connectivity index is 1.83. The van der Waals surface area contributed by atoms with Gasteiger partial charge in [0, 0.05) is 37.1 Å². The second kappa shape index (κ2) is 6.44. The van der Waals surface area contributed by atoms with Crippen LogP contribution in [0.5, 0.6) is 0 Å². The summed E-state index contributed by atoms with van der Waals surface area (Å²) in [6, 6.07) is 13.7. The molecule has 0 aliphatic heterocycles. The van der Waals surface area contributed by atoms with Crippen molar-refractivity contribution in [1.29, 1.82) is 0 Å². The molecule has 0 saturated heterocycles. The summed E-state index contributed by atoms with van der Waals surface area (Å²) in [6.07, 6.45) is 3.45. The zero-order valence-corrected chi connectivity index (χ0v) is 13.2. The molecule has 0 spiro atoms. The topological polar surface area (TPSA) is 59.8 Å². The van der Waals surface area contributed by atoms with Crippen LogP contribution in [-0.4, -0.2) is 20.7 Å². The Hall–Kier alpha value is -2.95. The first-order valence-electron chi connectivity index (χ1n) is 7.43. The number of hydrogen-bond donors (Lipinski definition) is 1. The monoisotopic (exact) mass is 306 g/mol. The van der Waals surface area contributed by atoms with Crippen LogP contribution in [0.25, 0.3) is 11.3 Å². The second-order valence-corrected chi connectivity index (χ2v) is 5.36. The van der Waals surface area contributed by atoms with Gasteiger partial charge in [0.15, 0.2) is 0 Å². The first-order chi connectivity index (χ1) is 11.2. The number of carbonyl (C=O) groups excluding carboxylic acids is 1. The SMILES string of the molecule is Cc1c(-c2ccccc2)nn(C)c1C(=O)NCc1cccnc1. The first-order valence-corrected chi connectivity index (χ1v) is 7.43. The molecular formula is C18H18N4O. The number of aromatic nitrogens is 3. The van der Waals surface area contributed by atoms with Crippen LogP contribution < -0.4 is 5.32 Å². The largest absolute Gasteiger partial charge is 0.347 e. The summed E-state index contributed by atoms with van der Waals surface area (Å²) < 4.78 is 1.64. The van der Waals surface area contributed by atoms with Crippen molar-refractivity contribution in [2.24, 2.45) is 7.05 Å². The van der Waals surface area contributed by atoms with Gasteiger partial charge in [-0.3, -0.25) is 14.5 Å². The van der Waals surface area contributed by atoms with E-state index in [9.17, 15) is 4.79 Å². The first kappa shape index (κ1) is 15.0. The number of nitrogens with zero attached hydrogens (tertiary/aromatic N) is 3. The van der Waals surface area contributed by atoms with Crippen LogP contribution in [0.2, 0.25) is 0 Å². The van der Waals surface area contributed by atoms with Crippen molar-refractivity contribution >= 4 is 5.91 Å². The Morgan fingerprint density at radius 2 is 1.96 bits per heavy atom. The highest BCUT2D eigenvalue weighted by atomic mass is 16.2. The van der Waals surface area contributed by atoms with Crippen molar-refractivity contribution in [3.63, 3.8) is 0 Å². The second-order valence-electron chi connectivity index (χ2n) is 5.36. The molecule has 2 heterocycles. The predicted octanol–water partition coefficient (Wildman–Crippen LogP) is 2.72. The van der Waals surface area contributed by atoms with Crippen LogP contribution in [0.15, 0.2) is 54.9 Å². The van der Waals surface area contributed by atoms with E-state index >= 15 is 0 Å². The van der Waals surface area contributed by atoms with Gasteiger partial charge in [0.2, 0.25) is 0 Å². The van der Waals surface area contributed by atoms with Crippen LogP contribution in [0.1, 0.15) is 21.6 Å². The van der Waals surface area contributed by atoms with Crippen molar-refractivity contribution in [1.82, 2.24) is 20.1 Å². The number of amides is 1. The zero-order chi connectivity index (χ0) is 16.2. The van der Waals surface area contributed by atoms with Crippen molar-refractivity contribution in [2.45, 2.75) is 13.5 Å². The third kappa shape index (κ3) is 3.13. The molecule has 5 heteroatoms. The van der Waals surface area contributed by atoms with Crippen molar-refractivity contribution in [3.05, 3.63) is 71.7 Å². The Bertz CT molecular complexity index is 810. The summed E-state index contributed by atoms with van der Waals surface area (Å²) in [5.41, 5.74) is 4.26. The van der Waals surface area contributed by atoms with E-state index in [-0.39, 0.29) is 5.91 Å². The maximum Gasteiger partial charge on any atom is 0.270 e. The lowest BCUT2D eigenvalue weighted by Crippen LogP contribution is -2.25. The predicted molar refractivity (Wildman–Crippen MR) is 88.8 cm³/mol. The number of benzene rings is 1. The Morgan fingerprint density at radius 3 is 2.65 bits per heavy atom. The molecule has 0 fully saturated rings. The van der Waals surface area contributed by atoms with Gasteiger partial charge in [-0.15, -0.1) is 0 Å². The quantitative estimate of drug-likeness (QED) is 0.806.